The van der Waals surface area contributed by atoms with Crippen molar-refractivity contribution < 1.29 is 9.53 Å². The maximum atomic E-state index is 11.6. The number of rotatable bonds is 4. The molecule has 0 aromatic heterocycles. The van der Waals surface area contributed by atoms with Gasteiger partial charge in [-0.3, -0.25) is 4.79 Å². The zero-order chi connectivity index (χ0) is 10.6. The van der Waals surface area contributed by atoms with Gasteiger partial charge >= 0.3 is 0 Å². The molecule has 0 saturated heterocycles. The number of Topliss-reactive ketones (excluding diaryl/α,β-unsaturated/α-hetero) is 1. The predicted molar refractivity (Wildman–Crippen MR) is 57.0 cm³/mol. The predicted octanol–water partition coefficient (Wildman–Crippen LogP) is 2.99. The van der Waals surface area contributed by atoms with Crippen LogP contribution in [0.1, 0.15) is 36.2 Å². The molecule has 0 radical (unpaired) electrons. The van der Waals surface area contributed by atoms with E-state index in [-0.39, 0.29) is 5.78 Å². The van der Waals surface area contributed by atoms with E-state index in [0.29, 0.717) is 24.3 Å². The van der Waals surface area contributed by atoms with Crippen molar-refractivity contribution in [1.29, 1.82) is 0 Å². The fourth-order valence-electron chi connectivity index (χ4n) is 1.33. The first-order chi connectivity index (χ1) is 6.69. The van der Waals surface area contributed by atoms with Gasteiger partial charge < -0.3 is 4.74 Å². The molecule has 0 aliphatic heterocycles. The number of hydrogen-bond donors (Lipinski definition) is 0. The molecule has 2 heteroatoms. The summed E-state index contributed by atoms with van der Waals surface area (Å²) in [6, 6.07) is 5.70. The Hall–Kier alpha value is -1.31. The van der Waals surface area contributed by atoms with Crippen molar-refractivity contribution in [3.05, 3.63) is 29.3 Å². The largest absolute Gasteiger partial charge is 0.493 e. The summed E-state index contributed by atoms with van der Waals surface area (Å²) in [5.41, 5.74) is 1.79. The number of benzene rings is 1. The van der Waals surface area contributed by atoms with Crippen LogP contribution >= 0.6 is 0 Å². The number of ketones is 1. The molecule has 76 valence electrons. The Morgan fingerprint density at radius 2 is 2.07 bits per heavy atom. The first-order valence-corrected chi connectivity index (χ1v) is 4.95. The Kier molecular flexibility index (Phi) is 3.69. The van der Waals surface area contributed by atoms with Crippen LogP contribution in [0.15, 0.2) is 18.2 Å². The van der Waals surface area contributed by atoms with E-state index in [1.54, 1.807) is 0 Å². The van der Waals surface area contributed by atoms with Crippen LogP contribution < -0.4 is 4.74 Å². The van der Waals surface area contributed by atoms with Gasteiger partial charge in [0, 0.05) is 6.42 Å². The molecule has 2 nitrogen and oxygen atoms in total. The van der Waals surface area contributed by atoms with Crippen molar-refractivity contribution in [2.45, 2.75) is 27.2 Å². The maximum absolute atomic E-state index is 11.6. The Labute approximate surface area is 84.9 Å². The van der Waals surface area contributed by atoms with Crippen LogP contribution in [-0.2, 0) is 0 Å². The van der Waals surface area contributed by atoms with Gasteiger partial charge in [0.25, 0.3) is 0 Å². The van der Waals surface area contributed by atoms with Gasteiger partial charge in [0.1, 0.15) is 5.75 Å². The molecule has 0 aliphatic carbocycles. The summed E-state index contributed by atoms with van der Waals surface area (Å²) in [5, 5.41) is 0. The minimum atomic E-state index is 0.136. The number of aryl methyl sites for hydroxylation is 1. The quantitative estimate of drug-likeness (QED) is 0.685. The third kappa shape index (κ3) is 2.34. The molecular weight excluding hydrogens is 176 g/mol. The number of carbonyl (C=O) groups excluding carboxylic acids is 1. The summed E-state index contributed by atoms with van der Waals surface area (Å²) in [6.07, 6.45) is 0.517. The van der Waals surface area contributed by atoms with E-state index in [9.17, 15) is 4.79 Å². The van der Waals surface area contributed by atoms with Crippen LogP contribution in [0.5, 0.6) is 5.75 Å². The van der Waals surface area contributed by atoms with E-state index < -0.39 is 0 Å². The average Bonchev–Trinajstić information content (AvgIpc) is 2.20. The minimum absolute atomic E-state index is 0.136. The van der Waals surface area contributed by atoms with E-state index in [1.165, 1.54) is 0 Å². The zero-order valence-electron chi connectivity index (χ0n) is 8.96. The van der Waals surface area contributed by atoms with E-state index in [2.05, 4.69) is 0 Å². The molecule has 1 aromatic rings. The van der Waals surface area contributed by atoms with Gasteiger partial charge in [-0.2, -0.15) is 0 Å². The van der Waals surface area contributed by atoms with Gasteiger partial charge in [-0.05, 0) is 26.0 Å². The zero-order valence-corrected chi connectivity index (χ0v) is 8.96. The second kappa shape index (κ2) is 4.80. The molecule has 0 spiro atoms. The molecule has 0 amide bonds. The highest BCUT2D eigenvalue weighted by Crippen LogP contribution is 2.21. The van der Waals surface area contributed by atoms with Gasteiger partial charge in [-0.15, -0.1) is 0 Å². The van der Waals surface area contributed by atoms with Gasteiger partial charge in [0.2, 0.25) is 0 Å². The molecule has 0 heterocycles. The maximum Gasteiger partial charge on any atom is 0.166 e. The van der Waals surface area contributed by atoms with E-state index in [0.717, 1.165) is 5.56 Å². The fraction of sp³-hybridized carbons (Fsp3) is 0.417. The lowest BCUT2D eigenvalue weighted by molar-refractivity contribution is 0.0984. The first-order valence-electron chi connectivity index (χ1n) is 4.95. The van der Waals surface area contributed by atoms with Crippen molar-refractivity contribution in [2.24, 2.45) is 0 Å². The van der Waals surface area contributed by atoms with Crippen molar-refractivity contribution in [3.63, 3.8) is 0 Å². The summed E-state index contributed by atoms with van der Waals surface area (Å²) in [6.45, 7) is 6.34. The van der Waals surface area contributed by atoms with Crippen molar-refractivity contribution in [3.8, 4) is 5.75 Å². The Bertz CT molecular complexity index is 329. The smallest absolute Gasteiger partial charge is 0.166 e. The van der Waals surface area contributed by atoms with E-state index in [1.807, 2.05) is 39.0 Å². The lowest BCUT2D eigenvalue weighted by Gasteiger charge is -2.09. The average molecular weight is 192 g/mol. The number of hydrogen-bond acceptors (Lipinski definition) is 2. The second-order valence-electron chi connectivity index (χ2n) is 3.21. The lowest BCUT2D eigenvalue weighted by atomic mass is 10.1. The summed E-state index contributed by atoms with van der Waals surface area (Å²) in [7, 11) is 0. The highest BCUT2D eigenvalue weighted by atomic mass is 16.5. The highest BCUT2D eigenvalue weighted by molar-refractivity contribution is 5.98. The van der Waals surface area contributed by atoms with Crippen LogP contribution in [0.3, 0.4) is 0 Å². The molecule has 0 atom stereocenters. The van der Waals surface area contributed by atoms with E-state index >= 15 is 0 Å². The third-order valence-corrected chi connectivity index (χ3v) is 2.06. The first kappa shape index (κ1) is 10.8. The Morgan fingerprint density at radius 3 is 2.64 bits per heavy atom. The highest BCUT2D eigenvalue weighted by Gasteiger charge is 2.10. The Balaban J connectivity index is 3.08. The van der Waals surface area contributed by atoms with Crippen LogP contribution in [0.2, 0.25) is 0 Å². The molecule has 1 aromatic carbocycles. The number of carbonyl (C=O) groups is 1. The second-order valence-corrected chi connectivity index (χ2v) is 3.21. The summed E-state index contributed by atoms with van der Waals surface area (Å²) < 4.78 is 5.39. The van der Waals surface area contributed by atoms with Gasteiger partial charge in [0.05, 0.1) is 12.2 Å². The molecule has 0 aliphatic rings. The monoisotopic (exact) mass is 192 g/mol. The molecule has 0 N–H and O–H groups in total. The fourth-order valence-corrected chi connectivity index (χ4v) is 1.33. The summed E-state index contributed by atoms with van der Waals surface area (Å²) in [4.78, 5) is 11.6. The van der Waals surface area contributed by atoms with Gasteiger partial charge in [-0.1, -0.05) is 18.6 Å². The van der Waals surface area contributed by atoms with Gasteiger partial charge in [-0.25, -0.2) is 0 Å². The molecular formula is C12H16O2. The molecule has 0 saturated carbocycles. The lowest BCUT2D eigenvalue weighted by Crippen LogP contribution is -2.03. The van der Waals surface area contributed by atoms with Crippen LogP contribution in [0, 0.1) is 6.92 Å². The van der Waals surface area contributed by atoms with Crippen molar-refractivity contribution in [2.75, 3.05) is 6.61 Å². The minimum Gasteiger partial charge on any atom is -0.493 e. The van der Waals surface area contributed by atoms with Crippen LogP contribution in [0.25, 0.3) is 0 Å². The summed E-state index contributed by atoms with van der Waals surface area (Å²) >= 11 is 0. The molecule has 1 rings (SSSR count). The molecule has 0 unspecified atom stereocenters. The molecule has 0 bridgehead atoms. The number of ether oxygens (including phenoxy) is 1. The topological polar surface area (TPSA) is 26.3 Å². The molecule has 14 heavy (non-hydrogen) atoms. The standard InChI is InChI=1S/C12H16O2/c1-4-11(13)10-8-9(3)6-7-12(10)14-5-2/h6-8H,4-5H2,1-3H3. The van der Waals surface area contributed by atoms with E-state index in [4.69, 9.17) is 4.74 Å². The van der Waals surface area contributed by atoms with Crippen LogP contribution in [0.4, 0.5) is 0 Å². The molecule has 0 fully saturated rings. The van der Waals surface area contributed by atoms with Crippen LogP contribution in [-0.4, -0.2) is 12.4 Å². The Morgan fingerprint density at radius 1 is 1.36 bits per heavy atom. The van der Waals surface area contributed by atoms with Crippen molar-refractivity contribution in [1.82, 2.24) is 0 Å². The normalized spacial score (nSPS) is 9.93. The van der Waals surface area contributed by atoms with Crippen molar-refractivity contribution >= 4 is 5.78 Å². The third-order valence-electron chi connectivity index (χ3n) is 2.06. The summed E-state index contributed by atoms with van der Waals surface area (Å²) in [5.74, 6) is 0.835. The van der Waals surface area contributed by atoms with Gasteiger partial charge in [0.15, 0.2) is 5.78 Å². The SMILES string of the molecule is CCOc1ccc(C)cc1C(=O)CC.